The van der Waals surface area contributed by atoms with Gasteiger partial charge in [0, 0.05) is 12.3 Å². The Bertz CT molecular complexity index is 843. The third-order valence-electron chi connectivity index (χ3n) is 3.94. The topological polar surface area (TPSA) is 103 Å². The van der Waals surface area contributed by atoms with Crippen LogP contribution in [0.3, 0.4) is 0 Å². The van der Waals surface area contributed by atoms with Crippen LogP contribution < -0.4 is 15.5 Å². The van der Waals surface area contributed by atoms with Crippen molar-refractivity contribution in [1.82, 2.24) is 9.88 Å². The molecule has 1 aromatic heterocycles. The summed E-state index contributed by atoms with van der Waals surface area (Å²) in [5.74, 6) is 0.552. The van der Waals surface area contributed by atoms with Crippen molar-refractivity contribution in [2.45, 2.75) is 26.4 Å². The van der Waals surface area contributed by atoms with E-state index < -0.39 is 16.0 Å². The van der Waals surface area contributed by atoms with E-state index in [9.17, 15) is 19.7 Å². The van der Waals surface area contributed by atoms with Gasteiger partial charge in [-0.3, -0.25) is 19.7 Å². The summed E-state index contributed by atoms with van der Waals surface area (Å²) >= 11 is 0. The Labute approximate surface area is 150 Å². The number of benzene rings is 1. The number of carbonyl (C=O) groups excluding carboxylic acids is 1. The molecule has 1 aromatic carbocycles. The van der Waals surface area contributed by atoms with Crippen molar-refractivity contribution in [3.63, 3.8) is 0 Å². The van der Waals surface area contributed by atoms with E-state index in [2.05, 4.69) is 5.32 Å². The number of nitrogens with one attached hydrogen (secondary N) is 1. The first kappa shape index (κ1) is 19.2. The van der Waals surface area contributed by atoms with E-state index in [0.717, 1.165) is 23.6 Å². The van der Waals surface area contributed by atoms with E-state index >= 15 is 0 Å². The summed E-state index contributed by atoms with van der Waals surface area (Å²) in [5, 5.41) is 13.8. The third-order valence-corrected chi connectivity index (χ3v) is 3.94. The summed E-state index contributed by atoms with van der Waals surface area (Å²) in [7, 11) is 1.58. The van der Waals surface area contributed by atoms with Gasteiger partial charge in [-0.2, -0.15) is 0 Å². The predicted octanol–water partition coefficient (Wildman–Crippen LogP) is 2.28. The lowest BCUT2D eigenvalue weighted by molar-refractivity contribution is -0.386. The molecule has 2 aromatic rings. The third kappa shape index (κ3) is 4.69. The Hall–Kier alpha value is -3.16. The molecule has 1 N–H and O–H groups in total. The van der Waals surface area contributed by atoms with Gasteiger partial charge in [0.05, 0.1) is 24.3 Å². The Kier molecular flexibility index (Phi) is 6.11. The second kappa shape index (κ2) is 8.28. The standard InChI is InChI=1S/C18H21N3O5/c1-12(2)18(13-4-6-14(26-3)7-5-13)19-17(23)11-20-9-8-16(22)15(10-20)21(24)25/h4-10,12,18H,11H2,1-3H3,(H,19,23)/t18-/m0/s1. The van der Waals surface area contributed by atoms with E-state index in [1.54, 1.807) is 7.11 Å². The molecule has 8 heteroatoms. The highest BCUT2D eigenvalue weighted by Crippen LogP contribution is 2.23. The molecule has 26 heavy (non-hydrogen) atoms. The van der Waals surface area contributed by atoms with E-state index in [1.165, 1.54) is 10.8 Å². The second-order valence-electron chi connectivity index (χ2n) is 6.19. The van der Waals surface area contributed by atoms with Crippen LogP contribution in [0.5, 0.6) is 5.75 Å². The smallest absolute Gasteiger partial charge is 0.332 e. The zero-order chi connectivity index (χ0) is 19.3. The minimum Gasteiger partial charge on any atom is -0.497 e. The van der Waals surface area contributed by atoms with Crippen LogP contribution >= 0.6 is 0 Å². The van der Waals surface area contributed by atoms with E-state index in [4.69, 9.17) is 4.74 Å². The summed E-state index contributed by atoms with van der Waals surface area (Å²) in [5.41, 5.74) is -0.319. The maximum Gasteiger partial charge on any atom is 0.332 e. The highest BCUT2D eigenvalue weighted by atomic mass is 16.6. The molecule has 0 bridgehead atoms. The molecule has 1 heterocycles. The molecule has 1 atom stereocenters. The molecule has 2 rings (SSSR count). The molecular formula is C18H21N3O5. The zero-order valence-electron chi connectivity index (χ0n) is 14.8. The van der Waals surface area contributed by atoms with Gasteiger partial charge in [-0.25, -0.2) is 0 Å². The van der Waals surface area contributed by atoms with E-state index in [1.807, 2.05) is 38.1 Å². The first-order valence-corrected chi connectivity index (χ1v) is 8.09. The summed E-state index contributed by atoms with van der Waals surface area (Å²) in [6.07, 6.45) is 2.42. The lowest BCUT2D eigenvalue weighted by Crippen LogP contribution is -2.34. The van der Waals surface area contributed by atoms with Crippen molar-refractivity contribution in [2.24, 2.45) is 5.92 Å². The van der Waals surface area contributed by atoms with Crippen molar-refractivity contribution >= 4 is 11.6 Å². The van der Waals surface area contributed by atoms with Gasteiger partial charge >= 0.3 is 5.69 Å². The lowest BCUT2D eigenvalue weighted by Gasteiger charge is -2.23. The minimum atomic E-state index is -0.759. The van der Waals surface area contributed by atoms with Crippen molar-refractivity contribution in [3.05, 3.63) is 68.6 Å². The Morgan fingerprint density at radius 2 is 1.92 bits per heavy atom. The van der Waals surface area contributed by atoms with Crippen molar-refractivity contribution in [3.8, 4) is 5.75 Å². The Balaban J connectivity index is 2.14. The molecule has 1 amide bonds. The van der Waals surface area contributed by atoms with Crippen LogP contribution in [0.4, 0.5) is 5.69 Å². The number of ether oxygens (including phenoxy) is 1. The van der Waals surface area contributed by atoms with Gasteiger partial charge in [-0.1, -0.05) is 26.0 Å². The summed E-state index contributed by atoms with van der Waals surface area (Å²) in [4.78, 5) is 33.9. The van der Waals surface area contributed by atoms with Crippen molar-refractivity contribution in [2.75, 3.05) is 7.11 Å². The molecule has 138 valence electrons. The number of carbonyl (C=O) groups is 1. The van der Waals surface area contributed by atoms with Crippen molar-refractivity contribution in [1.29, 1.82) is 0 Å². The SMILES string of the molecule is COc1ccc([C@@H](NC(=O)Cn2ccc(=O)c([N+](=O)[O-])c2)C(C)C)cc1. The molecule has 0 spiro atoms. The van der Waals surface area contributed by atoms with Crippen LogP contribution in [0.1, 0.15) is 25.5 Å². The first-order chi connectivity index (χ1) is 12.3. The average molecular weight is 359 g/mol. The largest absolute Gasteiger partial charge is 0.497 e. The fourth-order valence-electron chi connectivity index (χ4n) is 2.58. The second-order valence-corrected chi connectivity index (χ2v) is 6.19. The molecule has 0 saturated heterocycles. The quantitative estimate of drug-likeness (QED) is 0.603. The number of nitro groups is 1. The number of rotatable bonds is 7. The maximum absolute atomic E-state index is 12.4. The monoisotopic (exact) mass is 359 g/mol. The highest BCUT2D eigenvalue weighted by molar-refractivity contribution is 5.76. The van der Waals surface area contributed by atoms with Gasteiger partial charge in [-0.05, 0) is 23.6 Å². The van der Waals surface area contributed by atoms with Gasteiger partial charge in [-0.15, -0.1) is 0 Å². The van der Waals surface area contributed by atoms with E-state index in [-0.39, 0.29) is 24.4 Å². The molecule has 8 nitrogen and oxygen atoms in total. The fraction of sp³-hybridized carbons (Fsp3) is 0.333. The molecule has 0 aliphatic heterocycles. The van der Waals surface area contributed by atoms with Crippen LogP contribution in [-0.2, 0) is 11.3 Å². The number of methoxy groups -OCH3 is 1. The Morgan fingerprint density at radius 3 is 2.46 bits per heavy atom. The van der Waals surface area contributed by atoms with Crippen LogP contribution in [0, 0.1) is 16.0 Å². The van der Waals surface area contributed by atoms with E-state index in [0.29, 0.717) is 0 Å². The summed E-state index contributed by atoms with van der Waals surface area (Å²) in [6.45, 7) is 3.85. The number of hydrogen-bond acceptors (Lipinski definition) is 5. The van der Waals surface area contributed by atoms with Crippen LogP contribution in [0.15, 0.2) is 47.5 Å². The normalized spacial score (nSPS) is 11.8. The van der Waals surface area contributed by atoms with Gasteiger partial charge in [0.2, 0.25) is 5.91 Å². The number of hydrogen-bond donors (Lipinski definition) is 1. The van der Waals surface area contributed by atoms with Gasteiger partial charge < -0.3 is 14.6 Å². The summed E-state index contributed by atoms with van der Waals surface area (Å²) in [6, 6.07) is 8.27. The van der Waals surface area contributed by atoms with Crippen LogP contribution in [-0.4, -0.2) is 22.5 Å². The maximum atomic E-state index is 12.4. The lowest BCUT2D eigenvalue weighted by atomic mass is 9.96. The molecule has 0 unspecified atom stereocenters. The summed E-state index contributed by atoms with van der Waals surface area (Å²) < 4.78 is 6.46. The number of amides is 1. The number of pyridine rings is 1. The minimum absolute atomic E-state index is 0.125. The predicted molar refractivity (Wildman–Crippen MR) is 96.1 cm³/mol. The molecule has 0 radical (unpaired) electrons. The number of nitrogens with zero attached hydrogens (tertiary/aromatic N) is 2. The molecule has 0 fully saturated rings. The molecule has 0 aliphatic carbocycles. The van der Waals surface area contributed by atoms with Crippen LogP contribution in [0.2, 0.25) is 0 Å². The molecule has 0 saturated carbocycles. The molecular weight excluding hydrogens is 338 g/mol. The average Bonchev–Trinajstić information content (AvgIpc) is 2.61. The zero-order valence-corrected chi connectivity index (χ0v) is 14.8. The fourth-order valence-corrected chi connectivity index (χ4v) is 2.58. The van der Waals surface area contributed by atoms with Gasteiger partial charge in [0.1, 0.15) is 12.3 Å². The highest BCUT2D eigenvalue weighted by Gasteiger charge is 2.19. The van der Waals surface area contributed by atoms with Gasteiger partial charge in [0.15, 0.2) is 0 Å². The van der Waals surface area contributed by atoms with Crippen molar-refractivity contribution < 1.29 is 14.5 Å². The van der Waals surface area contributed by atoms with Gasteiger partial charge in [0.25, 0.3) is 5.43 Å². The first-order valence-electron chi connectivity index (χ1n) is 8.09. The van der Waals surface area contributed by atoms with Crippen LogP contribution in [0.25, 0.3) is 0 Å². The Morgan fingerprint density at radius 1 is 1.27 bits per heavy atom. The number of aromatic nitrogens is 1. The molecule has 0 aliphatic rings.